The van der Waals surface area contributed by atoms with Gasteiger partial charge in [0.25, 0.3) is 13.4 Å². The molecule has 6 aliphatic rings. The summed E-state index contributed by atoms with van der Waals surface area (Å²) >= 11 is 0. The van der Waals surface area contributed by atoms with E-state index in [0.29, 0.717) is 0 Å². The fourth-order valence-electron chi connectivity index (χ4n) is 23.3. The number of nitrogens with zero attached hydrogens (tertiary/aromatic N) is 4. The summed E-state index contributed by atoms with van der Waals surface area (Å²) in [5.41, 5.74) is 45.2. The molecular formula is C121H122B2N4O2. The van der Waals surface area contributed by atoms with Crippen molar-refractivity contribution >= 4 is 158 Å². The number of benzene rings is 14. The van der Waals surface area contributed by atoms with E-state index in [1.54, 1.807) is 0 Å². The Morgan fingerprint density at radius 1 is 0.287 bits per heavy atom. The maximum absolute atomic E-state index is 7.11. The first-order valence-electron chi connectivity index (χ1n) is 47.5. The third-order valence-corrected chi connectivity index (χ3v) is 31.2. The number of furan rings is 2. The van der Waals surface area contributed by atoms with Crippen LogP contribution in [0.2, 0.25) is 0 Å². The summed E-state index contributed by atoms with van der Waals surface area (Å²) in [5.74, 6) is 0. The summed E-state index contributed by atoms with van der Waals surface area (Å²) in [5, 5.41) is 4.54. The molecule has 22 rings (SSSR count). The molecule has 6 nitrogen and oxygen atoms in total. The predicted octanol–water partition coefficient (Wildman–Crippen LogP) is 29.7. The van der Waals surface area contributed by atoms with Crippen LogP contribution in [-0.4, -0.2) is 13.4 Å². The molecule has 0 radical (unpaired) electrons. The second-order valence-electron chi connectivity index (χ2n) is 46.5. The highest BCUT2D eigenvalue weighted by Crippen LogP contribution is 2.56. The minimum Gasteiger partial charge on any atom is -0.455 e. The van der Waals surface area contributed by atoms with Crippen molar-refractivity contribution in [2.75, 3.05) is 19.6 Å². The third kappa shape index (κ3) is 13.1. The van der Waals surface area contributed by atoms with Crippen LogP contribution in [0, 0.1) is 6.92 Å². The lowest BCUT2D eigenvalue weighted by Gasteiger charge is -2.48. The van der Waals surface area contributed by atoms with Crippen molar-refractivity contribution in [3.8, 4) is 22.3 Å². The lowest BCUT2D eigenvalue weighted by atomic mass is 9.32. The Hall–Kier alpha value is -12.0. The van der Waals surface area contributed by atoms with Crippen LogP contribution in [-0.2, 0) is 55.2 Å². The fourth-order valence-corrected chi connectivity index (χ4v) is 23.3. The fraction of sp³-hybridized carbons (Fsp3) is 0.306. The Bertz CT molecular complexity index is 7360. The lowest BCUT2D eigenvalue weighted by molar-refractivity contribution is 0.332. The van der Waals surface area contributed by atoms with E-state index < -0.39 is 0 Å². The number of hydrogen-bond acceptors (Lipinski definition) is 6. The largest absolute Gasteiger partial charge is 0.455 e. The van der Waals surface area contributed by atoms with Crippen molar-refractivity contribution < 1.29 is 8.83 Å². The summed E-state index contributed by atoms with van der Waals surface area (Å²) in [6, 6.07) is 102. The van der Waals surface area contributed by atoms with Crippen LogP contribution >= 0.6 is 0 Å². The number of anilines is 12. The zero-order valence-corrected chi connectivity index (χ0v) is 80.1. The van der Waals surface area contributed by atoms with E-state index in [1.807, 2.05) is 0 Å². The quantitative estimate of drug-likeness (QED) is 0.134. The van der Waals surface area contributed by atoms with Crippen molar-refractivity contribution in [2.24, 2.45) is 0 Å². The molecule has 0 fully saturated rings. The maximum Gasteiger partial charge on any atom is 0.252 e. The summed E-state index contributed by atoms with van der Waals surface area (Å²) in [7, 11) is 0. The Balaban J connectivity index is 0.617. The normalized spacial score (nSPS) is 16.4. The van der Waals surface area contributed by atoms with Crippen LogP contribution in [0.25, 0.3) is 66.1 Å². The number of hydrogen-bond donors (Lipinski definition) is 0. The molecule has 0 amide bonds. The van der Waals surface area contributed by atoms with E-state index in [1.165, 1.54) is 145 Å². The van der Waals surface area contributed by atoms with Gasteiger partial charge in [0.2, 0.25) is 0 Å². The standard InChI is InChI=1S/C121H122B2N4O2/c1-72-60-103-109-104(61-72)126(101-69-93-91(117(14,15)56-58-119(93,18)19)67-97(101)122(109)95-53-43-79(115(8,9)10)64-100(95)125(103)84-49-39-76(40-50-84)113(2,3)4)81-45-35-75(36-46-81)86-30-27-32-89-90-62-73(34-55-108(90)129-112(86)89)71-121(22,23)77-41-51-83(52-42-77)124-99-54-44-78(114(5,6)7)63-96(99)123-98-68-92-94(120(20,21)59-57-118(92,16)17)70-102(98)127(106-66-80(116(11,12)13)65-105(124)110(106)123)82-47-37-74(38-48-82)85-29-26-31-88-87-28-24-25-33-107(87)128-111(85)88/h24-55,60-70H,56-59,71H2,1-23H3. The molecule has 0 saturated carbocycles. The van der Waals surface area contributed by atoms with Crippen LogP contribution in [0.1, 0.15) is 239 Å². The third-order valence-electron chi connectivity index (χ3n) is 31.2. The second-order valence-corrected chi connectivity index (χ2v) is 46.5. The Morgan fingerprint density at radius 3 is 1.13 bits per heavy atom. The highest BCUT2D eigenvalue weighted by molar-refractivity contribution is 7.01. The Kier molecular flexibility index (Phi) is 18.1. The molecular weight excluding hydrogens is 1560 g/mol. The number of fused-ring (bicyclic) bond motifs is 16. The number of rotatable bonds is 9. The molecule has 644 valence electrons. The van der Waals surface area contributed by atoms with Crippen molar-refractivity contribution in [3.63, 3.8) is 0 Å². The van der Waals surface area contributed by atoms with Gasteiger partial charge in [-0.1, -0.05) is 298 Å². The molecule has 0 spiro atoms. The van der Waals surface area contributed by atoms with Crippen molar-refractivity contribution in [3.05, 3.63) is 322 Å². The van der Waals surface area contributed by atoms with Crippen LogP contribution in [0.3, 0.4) is 0 Å². The molecule has 0 N–H and O–H groups in total. The smallest absolute Gasteiger partial charge is 0.252 e. The van der Waals surface area contributed by atoms with E-state index in [2.05, 4.69) is 440 Å². The zero-order chi connectivity index (χ0) is 90.0. The van der Waals surface area contributed by atoms with Crippen molar-refractivity contribution in [1.82, 2.24) is 0 Å². The molecule has 0 bridgehead atoms. The molecule has 2 aliphatic carbocycles. The SMILES string of the molecule is Cc1cc2c3c(c1)N(c1ccc(-c4cccc5c4oc4ccc(CC(C)(C)c6ccc(N7c8ccc(C(C)(C)C)cc8B8c9cc%10c(cc9N(c9ccc(-c%11cccc%12c%11oc%11ccccc%11%12)cc9)c9cc(C(C)(C)C)cc7c98)C(C)(C)CCC%10(C)C)cc6)cc45)cc1)c1cc4c(cc1B3c1ccc(C(C)(C)C)cc1N2c1ccc(C(C)(C)C)cc1)C(C)(C)CCC4(C)C. The van der Waals surface area contributed by atoms with Gasteiger partial charge in [-0.05, 0) is 308 Å². The van der Waals surface area contributed by atoms with Crippen LogP contribution < -0.4 is 52.4 Å². The van der Waals surface area contributed by atoms with Crippen LogP contribution in [0.15, 0.2) is 270 Å². The van der Waals surface area contributed by atoms with Gasteiger partial charge in [-0.3, -0.25) is 0 Å². The second kappa shape index (κ2) is 28.3. The first-order valence-corrected chi connectivity index (χ1v) is 47.5. The molecule has 6 heterocycles. The maximum atomic E-state index is 7.11. The van der Waals surface area contributed by atoms with Gasteiger partial charge in [0.15, 0.2) is 0 Å². The van der Waals surface area contributed by atoms with E-state index in [0.717, 1.165) is 115 Å². The van der Waals surface area contributed by atoms with Gasteiger partial charge in [0.05, 0.1) is 0 Å². The average Bonchev–Trinajstić information content (AvgIpc) is 1.34. The summed E-state index contributed by atoms with van der Waals surface area (Å²) in [6.07, 6.45) is 5.38. The van der Waals surface area contributed by atoms with E-state index in [4.69, 9.17) is 8.83 Å². The molecule has 0 atom stereocenters. The Labute approximate surface area is 766 Å². The average molecular weight is 1690 g/mol. The molecule has 16 aromatic rings. The molecule has 129 heavy (non-hydrogen) atoms. The van der Waals surface area contributed by atoms with Crippen molar-refractivity contribution in [2.45, 2.75) is 240 Å². The van der Waals surface area contributed by atoms with E-state index >= 15 is 0 Å². The van der Waals surface area contributed by atoms with Gasteiger partial charge >= 0.3 is 0 Å². The predicted molar refractivity (Wildman–Crippen MR) is 553 cm³/mol. The number of aryl methyl sites for hydroxylation is 1. The molecule has 0 saturated heterocycles. The first-order chi connectivity index (χ1) is 61.1. The molecule has 0 unspecified atom stereocenters. The van der Waals surface area contributed by atoms with E-state index in [-0.39, 0.29) is 62.2 Å². The molecule has 4 aliphatic heterocycles. The first kappa shape index (κ1) is 82.7. The van der Waals surface area contributed by atoms with Gasteiger partial charge in [0, 0.05) is 101 Å². The van der Waals surface area contributed by atoms with Gasteiger partial charge in [0.1, 0.15) is 22.3 Å². The summed E-state index contributed by atoms with van der Waals surface area (Å²) < 4.78 is 13.8. The highest BCUT2D eigenvalue weighted by atomic mass is 16.3. The van der Waals surface area contributed by atoms with Gasteiger partial charge < -0.3 is 28.4 Å². The Morgan fingerprint density at radius 2 is 0.651 bits per heavy atom. The van der Waals surface area contributed by atoms with E-state index in [9.17, 15) is 0 Å². The molecule has 8 heteroatoms. The minimum atomic E-state index is -0.242. The van der Waals surface area contributed by atoms with Gasteiger partial charge in [-0.2, -0.15) is 0 Å². The van der Waals surface area contributed by atoms with Gasteiger partial charge in [-0.15, -0.1) is 0 Å². The molecule has 2 aromatic heterocycles. The zero-order valence-electron chi connectivity index (χ0n) is 80.1. The summed E-state index contributed by atoms with van der Waals surface area (Å²) in [6.45, 7) is 55.2. The van der Waals surface area contributed by atoms with Crippen LogP contribution in [0.5, 0.6) is 0 Å². The topological polar surface area (TPSA) is 39.2 Å². The van der Waals surface area contributed by atoms with Crippen LogP contribution in [0.4, 0.5) is 68.2 Å². The highest BCUT2D eigenvalue weighted by Gasteiger charge is 2.51. The van der Waals surface area contributed by atoms with Gasteiger partial charge in [-0.25, -0.2) is 0 Å². The molecule has 14 aromatic carbocycles. The lowest BCUT2D eigenvalue weighted by Crippen LogP contribution is -2.62. The number of para-hydroxylation sites is 3. The summed E-state index contributed by atoms with van der Waals surface area (Å²) in [4.78, 5) is 10.5. The minimum absolute atomic E-state index is 0.00111. The monoisotopic (exact) mass is 1680 g/mol. The van der Waals surface area contributed by atoms with Crippen molar-refractivity contribution in [1.29, 1.82) is 0 Å².